The molecule has 0 radical (unpaired) electrons. The Hall–Kier alpha value is -2.44. The molecule has 3 rings (SSSR count). The maximum absolute atomic E-state index is 12.8. The van der Waals surface area contributed by atoms with E-state index in [0.717, 1.165) is 32.6 Å². The highest BCUT2D eigenvalue weighted by molar-refractivity contribution is 8.25. The number of ether oxygens (including phenoxy) is 1. The molecule has 6 heteroatoms. The van der Waals surface area contributed by atoms with Crippen LogP contribution in [0.3, 0.4) is 0 Å². The fraction of sp³-hybridized carbons (Fsp3) is 0.182. The largest absolute Gasteiger partial charge is 0.497 e. The highest BCUT2D eigenvalue weighted by Gasteiger charge is 2.24. The third-order valence-electron chi connectivity index (χ3n) is 4.07. The van der Waals surface area contributed by atoms with Crippen molar-refractivity contribution in [2.75, 3.05) is 18.6 Å². The lowest BCUT2D eigenvalue weighted by molar-refractivity contribution is -0.121. The summed E-state index contributed by atoms with van der Waals surface area (Å²) in [6, 6.07) is 17.1. The lowest BCUT2D eigenvalue weighted by Gasteiger charge is -2.09. The summed E-state index contributed by atoms with van der Waals surface area (Å²) in [6.45, 7) is 0.390. The van der Waals surface area contributed by atoms with Crippen LogP contribution in [0.15, 0.2) is 70.5 Å². The van der Waals surface area contributed by atoms with Gasteiger partial charge in [-0.15, -0.1) is 23.5 Å². The van der Waals surface area contributed by atoms with E-state index in [4.69, 9.17) is 4.74 Å². The minimum Gasteiger partial charge on any atom is -0.497 e. The predicted octanol–water partition coefficient (Wildman–Crippen LogP) is 4.29. The maximum atomic E-state index is 12.8. The molecule has 1 fully saturated rings. The maximum Gasteiger partial charge on any atom is 0.257 e. The molecular weight excluding hydrogens is 390 g/mol. The number of ketones is 1. The molecule has 1 amide bonds. The van der Waals surface area contributed by atoms with Crippen molar-refractivity contribution in [1.82, 2.24) is 5.32 Å². The zero-order valence-electron chi connectivity index (χ0n) is 15.5. The molecule has 2 aromatic carbocycles. The SMILES string of the molecule is COc1ccc(/C=C/C(=O)C(C(=O)NCc2ccccc2)=C2SCCS2)cc1. The summed E-state index contributed by atoms with van der Waals surface area (Å²) in [6.07, 6.45) is 3.18. The van der Waals surface area contributed by atoms with Gasteiger partial charge in [-0.25, -0.2) is 0 Å². The molecule has 0 atom stereocenters. The third kappa shape index (κ3) is 5.53. The molecule has 1 aliphatic rings. The minimum atomic E-state index is -0.329. The molecule has 1 aliphatic heterocycles. The molecule has 0 saturated carbocycles. The summed E-state index contributed by atoms with van der Waals surface area (Å²) in [7, 11) is 1.61. The molecule has 0 aliphatic carbocycles. The van der Waals surface area contributed by atoms with Crippen LogP contribution in [0.1, 0.15) is 11.1 Å². The second-order valence-electron chi connectivity index (χ2n) is 6.00. The molecular formula is C22H21NO3S2. The van der Waals surface area contributed by atoms with Crippen LogP contribution >= 0.6 is 23.5 Å². The summed E-state index contributed by atoms with van der Waals surface area (Å²) in [5, 5.41) is 2.88. The van der Waals surface area contributed by atoms with Crippen molar-refractivity contribution in [3.63, 3.8) is 0 Å². The van der Waals surface area contributed by atoms with E-state index in [9.17, 15) is 9.59 Å². The number of benzene rings is 2. The third-order valence-corrected chi connectivity index (χ3v) is 6.78. The second-order valence-corrected chi connectivity index (χ2v) is 8.47. The molecule has 0 spiro atoms. The fourth-order valence-corrected chi connectivity index (χ4v) is 5.14. The van der Waals surface area contributed by atoms with E-state index >= 15 is 0 Å². The van der Waals surface area contributed by atoms with E-state index in [-0.39, 0.29) is 17.3 Å². The number of carbonyl (C=O) groups excluding carboxylic acids is 2. The first-order valence-corrected chi connectivity index (χ1v) is 10.8. The average molecular weight is 412 g/mol. The van der Waals surface area contributed by atoms with Gasteiger partial charge in [0.2, 0.25) is 0 Å². The Kier molecular flexibility index (Phi) is 7.39. The summed E-state index contributed by atoms with van der Waals surface area (Å²) < 4.78 is 5.94. The van der Waals surface area contributed by atoms with Crippen molar-refractivity contribution in [2.45, 2.75) is 6.54 Å². The van der Waals surface area contributed by atoms with Gasteiger partial charge < -0.3 is 10.1 Å². The van der Waals surface area contributed by atoms with Gasteiger partial charge in [-0.1, -0.05) is 48.5 Å². The lowest BCUT2D eigenvalue weighted by atomic mass is 10.1. The van der Waals surface area contributed by atoms with Gasteiger partial charge >= 0.3 is 0 Å². The van der Waals surface area contributed by atoms with Crippen LogP contribution in [0.5, 0.6) is 5.75 Å². The number of carbonyl (C=O) groups is 2. The van der Waals surface area contributed by atoms with Crippen molar-refractivity contribution < 1.29 is 14.3 Å². The Morgan fingerprint density at radius 3 is 2.36 bits per heavy atom. The van der Waals surface area contributed by atoms with Gasteiger partial charge in [-0.05, 0) is 29.3 Å². The number of allylic oxidation sites excluding steroid dienone is 1. The zero-order chi connectivity index (χ0) is 19.8. The van der Waals surface area contributed by atoms with E-state index in [1.54, 1.807) is 36.7 Å². The topological polar surface area (TPSA) is 55.4 Å². The predicted molar refractivity (Wildman–Crippen MR) is 117 cm³/mol. The highest BCUT2D eigenvalue weighted by atomic mass is 32.2. The van der Waals surface area contributed by atoms with Crippen molar-refractivity contribution in [3.8, 4) is 5.75 Å². The van der Waals surface area contributed by atoms with Gasteiger partial charge in [0.1, 0.15) is 11.3 Å². The first-order chi connectivity index (χ1) is 13.7. The van der Waals surface area contributed by atoms with E-state index < -0.39 is 0 Å². The van der Waals surface area contributed by atoms with Crippen molar-refractivity contribution >= 4 is 41.3 Å². The standard InChI is InChI=1S/C22H21NO3S2/c1-26-18-10-7-16(8-11-18)9-12-19(24)20(22-27-13-14-28-22)21(25)23-15-17-5-3-2-4-6-17/h2-12H,13-15H2,1H3,(H,23,25)/b12-9+. The summed E-state index contributed by atoms with van der Waals surface area (Å²) in [5.74, 6) is 1.96. The van der Waals surface area contributed by atoms with Crippen LogP contribution in [0.4, 0.5) is 0 Å². The van der Waals surface area contributed by atoms with Crippen molar-refractivity contribution in [2.24, 2.45) is 0 Å². The van der Waals surface area contributed by atoms with E-state index in [2.05, 4.69) is 5.32 Å². The Labute approximate surface area is 173 Å². The van der Waals surface area contributed by atoms with Gasteiger partial charge in [0.05, 0.1) is 11.3 Å². The molecule has 28 heavy (non-hydrogen) atoms. The van der Waals surface area contributed by atoms with Gasteiger partial charge in [0.25, 0.3) is 5.91 Å². The zero-order valence-corrected chi connectivity index (χ0v) is 17.1. The second kappa shape index (κ2) is 10.2. The van der Waals surface area contributed by atoms with Gasteiger partial charge in [0, 0.05) is 18.1 Å². The Morgan fingerprint density at radius 1 is 1.04 bits per heavy atom. The molecule has 1 saturated heterocycles. The summed E-state index contributed by atoms with van der Waals surface area (Å²) >= 11 is 3.13. The summed E-state index contributed by atoms with van der Waals surface area (Å²) in [5.41, 5.74) is 2.09. The van der Waals surface area contributed by atoms with Crippen LogP contribution in [0, 0.1) is 0 Å². The molecule has 2 aromatic rings. The van der Waals surface area contributed by atoms with Gasteiger partial charge in [-0.3, -0.25) is 9.59 Å². The highest BCUT2D eigenvalue weighted by Crippen LogP contribution is 2.39. The minimum absolute atomic E-state index is 0.230. The van der Waals surface area contributed by atoms with Crippen LogP contribution in [-0.2, 0) is 16.1 Å². The van der Waals surface area contributed by atoms with E-state index in [1.165, 1.54) is 6.08 Å². The first-order valence-electron chi connectivity index (χ1n) is 8.86. The number of rotatable bonds is 7. The molecule has 144 valence electrons. The van der Waals surface area contributed by atoms with Crippen LogP contribution in [0.2, 0.25) is 0 Å². The first kappa shape index (κ1) is 20.3. The van der Waals surface area contributed by atoms with E-state index in [0.29, 0.717) is 6.54 Å². The normalized spacial score (nSPS) is 13.5. The number of thioether (sulfide) groups is 2. The fourth-order valence-electron chi connectivity index (χ4n) is 2.60. The average Bonchev–Trinajstić information content (AvgIpc) is 3.26. The molecule has 0 bridgehead atoms. The number of amides is 1. The Balaban J connectivity index is 1.73. The van der Waals surface area contributed by atoms with Crippen LogP contribution in [-0.4, -0.2) is 30.3 Å². The Morgan fingerprint density at radius 2 is 1.71 bits per heavy atom. The molecule has 1 heterocycles. The number of methoxy groups -OCH3 is 1. The molecule has 4 nitrogen and oxygen atoms in total. The molecule has 0 unspecified atom stereocenters. The number of nitrogens with one attached hydrogen (secondary N) is 1. The quantitative estimate of drug-likeness (QED) is 0.419. The van der Waals surface area contributed by atoms with Crippen LogP contribution in [0.25, 0.3) is 6.08 Å². The van der Waals surface area contributed by atoms with Crippen molar-refractivity contribution in [1.29, 1.82) is 0 Å². The molecule has 0 aromatic heterocycles. The smallest absolute Gasteiger partial charge is 0.257 e. The number of hydrogen-bond acceptors (Lipinski definition) is 5. The monoisotopic (exact) mass is 411 g/mol. The Bertz CT molecular complexity index is 882. The van der Waals surface area contributed by atoms with Crippen LogP contribution < -0.4 is 10.1 Å². The number of hydrogen-bond donors (Lipinski definition) is 1. The van der Waals surface area contributed by atoms with Crippen molar-refractivity contribution in [3.05, 3.63) is 81.6 Å². The van der Waals surface area contributed by atoms with E-state index in [1.807, 2.05) is 54.6 Å². The lowest BCUT2D eigenvalue weighted by Crippen LogP contribution is -2.28. The van der Waals surface area contributed by atoms with Gasteiger partial charge in [0.15, 0.2) is 5.78 Å². The summed E-state index contributed by atoms with van der Waals surface area (Å²) in [4.78, 5) is 25.6. The van der Waals surface area contributed by atoms with Gasteiger partial charge in [-0.2, -0.15) is 0 Å². The molecule has 1 N–H and O–H groups in total.